The predicted octanol–water partition coefficient (Wildman–Crippen LogP) is 3.84. The summed E-state index contributed by atoms with van der Waals surface area (Å²) in [5, 5.41) is 0.531. The highest BCUT2D eigenvalue weighted by atomic mass is 32.2. The number of hydrogen-bond acceptors (Lipinski definition) is 4. The lowest BCUT2D eigenvalue weighted by molar-refractivity contribution is 0.489. The van der Waals surface area contributed by atoms with Crippen LogP contribution in [0.4, 0.5) is 10.1 Å². The fraction of sp³-hybridized carbons (Fsp3) is 0.0714. The Morgan fingerprint density at radius 3 is 2.84 bits per heavy atom. The second kappa shape index (κ2) is 4.93. The summed E-state index contributed by atoms with van der Waals surface area (Å²) < 4.78 is 19.3. The lowest BCUT2D eigenvalue weighted by Gasteiger charge is -2.02. The number of halogens is 1. The van der Waals surface area contributed by atoms with Crippen LogP contribution >= 0.6 is 11.8 Å². The Hall–Kier alpha value is -2.01. The van der Waals surface area contributed by atoms with Crippen LogP contribution in [0, 0.1) is 5.82 Å². The second-order valence-electron chi connectivity index (χ2n) is 4.06. The smallest absolute Gasteiger partial charge is 0.257 e. The number of nitrogen functional groups attached to an aromatic ring is 1. The Bertz CT molecular complexity index is 693. The van der Waals surface area contributed by atoms with E-state index < -0.39 is 0 Å². The highest BCUT2D eigenvalue weighted by Gasteiger charge is 2.09. The van der Waals surface area contributed by atoms with E-state index in [1.54, 1.807) is 18.2 Å². The van der Waals surface area contributed by atoms with Gasteiger partial charge in [-0.2, -0.15) is 0 Å². The van der Waals surface area contributed by atoms with Crippen molar-refractivity contribution in [2.75, 3.05) is 5.73 Å². The number of nitrogens with two attached hydrogens (primary N) is 1. The number of nitrogens with zero attached hydrogens (tertiary/aromatic N) is 1. The van der Waals surface area contributed by atoms with Crippen LogP contribution < -0.4 is 5.73 Å². The first-order valence-corrected chi connectivity index (χ1v) is 6.74. The molecule has 0 spiro atoms. The molecule has 1 heterocycles. The fourth-order valence-corrected chi connectivity index (χ4v) is 2.58. The third kappa shape index (κ3) is 2.42. The van der Waals surface area contributed by atoms with E-state index in [1.807, 2.05) is 24.3 Å². The first kappa shape index (κ1) is 12.0. The number of fused-ring (bicyclic) bond motifs is 1. The third-order valence-electron chi connectivity index (χ3n) is 2.73. The minimum Gasteiger partial charge on any atom is -0.431 e. The van der Waals surface area contributed by atoms with Gasteiger partial charge in [-0.25, -0.2) is 9.37 Å². The van der Waals surface area contributed by atoms with Gasteiger partial charge in [0.05, 0.1) is 5.69 Å². The van der Waals surface area contributed by atoms with E-state index in [9.17, 15) is 4.39 Å². The summed E-state index contributed by atoms with van der Waals surface area (Å²) in [4.78, 5) is 4.32. The molecule has 96 valence electrons. The van der Waals surface area contributed by atoms with Crippen molar-refractivity contribution in [3.63, 3.8) is 0 Å². The zero-order valence-electron chi connectivity index (χ0n) is 9.97. The molecule has 0 aliphatic rings. The van der Waals surface area contributed by atoms with Crippen molar-refractivity contribution >= 4 is 28.5 Å². The molecule has 0 unspecified atom stereocenters. The molecule has 1 aromatic heterocycles. The van der Waals surface area contributed by atoms with E-state index in [4.69, 9.17) is 10.2 Å². The molecule has 3 nitrogen and oxygen atoms in total. The second-order valence-corrected chi connectivity index (χ2v) is 4.98. The quantitative estimate of drug-likeness (QED) is 0.582. The van der Waals surface area contributed by atoms with Crippen LogP contribution in [-0.2, 0) is 5.75 Å². The molecule has 5 heteroatoms. The first-order valence-electron chi connectivity index (χ1n) is 5.75. The predicted molar refractivity (Wildman–Crippen MR) is 74.4 cm³/mol. The van der Waals surface area contributed by atoms with Crippen molar-refractivity contribution in [2.24, 2.45) is 0 Å². The topological polar surface area (TPSA) is 52.0 Å². The fourth-order valence-electron chi connectivity index (χ4n) is 1.76. The van der Waals surface area contributed by atoms with Crippen molar-refractivity contribution in [3.05, 3.63) is 53.8 Å². The normalized spacial score (nSPS) is 11.0. The van der Waals surface area contributed by atoms with Crippen LogP contribution in [0.15, 0.2) is 52.1 Å². The lowest BCUT2D eigenvalue weighted by Crippen LogP contribution is -1.94. The molecule has 0 atom stereocenters. The number of rotatable bonds is 3. The minimum atomic E-state index is -0.369. The van der Waals surface area contributed by atoms with Gasteiger partial charge < -0.3 is 10.2 Å². The zero-order valence-corrected chi connectivity index (χ0v) is 10.8. The molecule has 3 rings (SSSR count). The molecule has 0 amide bonds. The van der Waals surface area contributed by atoms with Crippen LogP contribution in [0.2, 0.25) is 0 Å². The van der Waals surface area contributed by atoms with Crippen LogP contribution in [0.5, 0.6) is 0 Å². The molecule has 2 N–H and O–H groups in total. The summed E-state index contributed by atoms with van der Waals surface area (Å²) in [6.07, 6.45) is 0. The molecule has 0 saturated carbocycles. The van der Waals surface area contributed by atoms with Gasteiger partial charge in [0.1, 0.15) is 11.3 Å². The van der Waals surface area contributed by atoms with E-state index in [-0.39, 0.29) is 11.5 Å². The van der Waals surface area contributed by atoms with Gasteiger partial charge in [-0.3, -0.25) is 0 Å². The first-order chi connectivity index (χ1) is 9.24. The number of hydrogen-bond donors (Lipinski definition) is 1. The van der Waals surface area contributed by atoms with E-state index >= 15 is 0 Å². The maximum absolute atomic E-state index is 13.7. The average molecular weight is 274 g/mol. The molecule has 0 fully saturated rings. The third-order valence-corrected chi connectivity index (χ3v) is 3.61. The van der Waals surface area contributed by atoms with Gasteiger partial charge in [-0.05, 0) is 18.2 Å². The van der Waals surface area contributed by atoms with Crippen LogP contribution in [0.1, 0.15) is 5.56 Å². The molecule has 3 aromatic rings. The summed E-state index contributed by atoms with van der Waals surface area (Å²) in [6, 6.07) is 12.5. The number of para-hydroxylation sites is 2. The van der Waals surface area contributed by atoms with Crippen molar-refractivity contribution in [1.82, 2.24) is 4.98 Å². The van der Waals surface area contributed by atoms with Gasteiger partial charge >= 0.3 is 0 Å². The standard InChI is InChI=1S/C14H11FN2OS/c15-13-9(4-3-5-10(13)16)8-19-14-17-11-6-1-2-7-12(11)18-14/h1-7H,8,16H2. The summed E-state index contributed by atoms with van der Waals surface area (Å²) >= 11 is 1.35. The summed E-state index contributed by atoms with van der Waals surface area (Å²) in [6.45, 7) is 0. The van der Waals surface area contributed by atoms with E-state index in [1.165, 1.54) is 11.8 Å². The number of oxazole rings is 1. The Kier molecular flexibility index (Phi) is 3.13. The van der Waals surface area contributed by atoms with Crippen molar-refractivity contribution in [3.8, 4) is 0 Å². The zero-order chi connectivity index (χ0) is 13.2. The number of benzene rings is 2. The van der Waals surface area contributed by atoms with Gasteiger partial charge in [-0.15, -0.1) is 0 Å². The highest BCUT2D eigenvalue weighted by Crippen LogP contribution is 2.27. The number of anilines is 1. The summed E-state index contributed by atoms with van der Waals surface area (Å²) in [7, 11) is 0. The minimum absolute atomic E-state index is 0.163. The Morgan fingerprint density at radius 1 is 1.16 bits per heavy atom. The van der Waals surface area contributed by atoms with Crippen molar-refractivity contribution < 1.29 is 8.81 Å². The largest absolute Gasteiger partial charge is 0.431 e. The molecule has 2 aromatic carbocycles. The van der Waals surface area contributed by atoms with Crippen LogP contribution in [-0.4, -0.2) is 4.98 Å². The molecular weight excluding hydrogens is 263 g/mol. The maximum atomic E-state index is 13.7. The van der Waals surface area contributed by atoms with Gasteiger partial charge in [0.2, 0.25) is 0 Å². The summed E-state index contributed by atoms with van der Waals surface area (Å²) in [5.74, 6) is 0.0649. The van der Waals surface area contributed by atoms with Crippen molar-refractivity contribution in [1.29, 1.82) is 0 Å². The molecular formula is C14H11FN2OS. The van der Waals surface area contributed by atoms with Crippen LogP contribution in [0.25, 0.3) is 11.1 Å². The summed E-state index contributed by atoms with van der Waals surface area (Å²) in [5.41, 5.74) is 7.78. The molecule has 0 aliphatic carbocycles. The van der Waals surface area contributed by atoms with E-state index in [0.717, 1.165) is 11.1 Å². The molecule has 0 radical (unpaired) electrons. The lowest BCUT2D eigenvalue weighted by atomic mass is 10.2. The Labute approximate surface area is 113 Å². The molecule has 0 bridgehead atoms. The Balaban J connectivity index is 1.80. The number of aromatic nitrogens is 1. The van der Waals surface area contributed by atoms with Gasteiger partial charge in [0, 0.05) is 11.3 Å². The van der Waals surface area contributed by atoms with Crippen molar-refractivity contribution in [2.45, 2.75) is 11.0 Å². The highest BCUT2D eigenvalue weighted by molar-refractivity contribution is 7.98. The maximum Gasteiger partial charge on any atom is 0.257 e. The van der Waals surface area contributed by atoms with Gasteiger partial charge in [-0.1, -0.05) is 36.0 Å². The van der Waals surface area contributed by atoms with E-state index in [0.29, 0.717) is 16.5 Å². The molecule has 0 aliphatic heterocycles. The monoisotopic (exact) mass is 274 g/mol. The van der Waals surface area contributed by atoms with Gasteiger partial charge in [0.25, 0.3) is 5.22 Å². The SMILES string of the molecule is Nc1cccc(CSc2nc3ccccc3o2)c1F. The van der Waals surface area contributed by atoms with E-state index in [2.05, 4.69) is 4.98 Å². The van der Waals surface area contributed by atoms with Gasteiger partial charge in [0.15, 0.2) is 5.58 Å². The number of thioether (sulfide) groups is 1. The average Bonchev–Trinajstić information content (AvgIpc) is 2.83. The van der Waals surface area contributed by atoms with Crippen LogP contribution in [0.3, 0.4) is 0 Å². The molecule has 19 heavy (non-hydrogen) atoms. The molecule has 0 saturated heterocycles. The Morgan fingerprint density at radius 2 is 2.00 bits per heavy atom.